The fourth-order valence-electron chi connectivity index (χ4n) is 5.30. The van der Waals surface area contributed by atoms with Crippen molar-refractivity contribution in [1.82, 2.24) is 8.61 Å². The molecule has 0 aliphatic carbocycles. The van der Waals surface area contributed by atoms with Gasteiger partial charge < -0.3 is 14.5 Å². The molecule has 2 heterocycles. The van der Waals surface area contributed by atoms with E-state index < -0.39 is 20.0 Å². The molecule has 0 spiro atoms. The highest BCUT2D eigenvalue weighted by atomic mass is 32.2. The lowest BCUT2D eigenvalue weighted by molar-refractivity contribution is 0.327. The van der Waals surface area contributed by atoms with E-state index in [-0.39, 0.29) is 22.1 Å². The van der Waals surface area contributed by atoms with Crippen LogP contribution < -0.4 is 14.5 Å². The highest BCUT2D eigenvalue weighted by Crippen LogP contribution is 2.32. The van der Waals surface area contributed by atoms with Crippen molar-refractivity contribution in [3.63, 3.8) is 0 Å². The number of anilines is 2. The second-order valence-corrected chi connectivity index (χ2v) is 14.3. The van der Waals surface area contributed by atoms with E-state index in [4.69, 9.17) is 4.74 Å². The van der Waals surface area contributed by atoms with Crippen molar-refractivity contribution in [1.29, 1.82) is 0 Å². The first kappa shape index (κ1) is 29.4. The molecule has 0 saturated carbocycles. The number of benzene rings is 3. The third kappa shape index (κ3) is 6.23. The maximum atomic E-state index is 13.9. The standard InChI is InChI=1S/C30H38N4O5S2/c1-4-39-29-14-13-28(40(35,36)33-19-15-31(16-20-33)26-9-5-24(2)6-10-26)23-30(29)41(37,38)34-21-17-32(18-22-34)27-11-7-25(3)8-12-27/h5-14,23H,4,15-22H2,1-3H3. The first-order valence-corrected chi connectivity index (χ1v) is 16.9. The van der Waals surface area contributed by atoms with Gasteiger partial charge in [-0.3, -0.25) is 0 Å². The van der Waals surface area contributed by atoms with Gasteiger partial charge in [0.25, 0.3) is 0 Å². The van der Waals surface area contributed by atoms with Gasteiger partial charge in [-0.15, -0.1) is 0 Å². The molecule has 41 heavy (non-hydrogen) atoms. The molecule has 0 unspecified atom stereocenters. The Morgan fingerprint density at radius 2 is 1.05 bits per heavy atom. The number of piperazine rings is 2. The topological polar surface area (TPSA) is 90.5 Å². The molecule has 0 N–H and O–H groups in total. The average Bonchev–Trinajstić information content (AvgIpc) is 2.98. The van der Waals surface area contributed by atoms with Crippen molar-refractivity contribution in [2.75, 3.05) is 68.8 Å². The molecule has 0 bridgehead atoms. The summed E-state index contributed by atoms with van der Waals surface area (Å²) < 4.78 is 63.6. The van der Waals surface area contributed by atoms with Crippen molar-refractivity contribution >= 4 is 31.4 Å². The Morgan fingerprint density at radius 3 is 1.49 bits per heavy atom. The zero-order valence-electron chi connectivity index (χ0n) is 23.9. The summed E-state index contributed by atoms with van der Waals surface area (Å²) in [5.41, 5.74) is 4.45. The summed E-state index contributed by atoms with van der Waals surface area (Å²) in [6.07, 6.45) is 0. The molecule has 0 radical (unpaired) electrons. The minimum absolute atomic E-state index is 0.0402. The second-order valence-electron chi connectivity index (χ2n) is 10.5. The molecule has 2 fully saturated rings. The first-order valence-electron chi connectivity index (χ1n) is 14.0. The van der Waals surface area contributed by atoms with Crippen LogP contribution >= 0.6 is 0 Å². The quantitative estimate of drug-likeness (QED) is 0.390. The summed E-state index contributed by atoms with van der Waals surface area (Å²) in [4.78, 5) is 4.17. The predicted molar refractivity (Wildman–Crippen MR) is 162 cm³/mol. The van der Waals surface area contributed by atoms with Crippen molar-refractivity contribution in [3.8, 4) is 5.75 Å². The van der Waals surface area contributed by atoms with Crippen LogP contribution in [0.3, 0.4) is 0 Å². The average molecular weight is 599 g/mol. The maximum absolute atomic E-state index is 13.9. The molecule has 2 aliphatic rings. The Balaban J connectivity index is 1.34. The highest BCUT2D eigenvalue weighted by molar-refractivity contribution is 7.90. The third-order valence-electron chi connectivity index (χ3n) is 7.75. The Hall–Kier alpha value is -3.12. The zero-order chi connectivity index (χ0) is 29.2. The lowest BCUT2D eigenvalue weighted by Crippen LogP contribution is -2.49. The van der Waals surface area contributed by atoms with Crippen LogP contribution in [-0.2, 0) is 20.0 Å². The van der Waals surface area contributed by atoms with Crippen LogP contribution in [0.25, 0.3) is 0 Å². The molecule has 2 saturated heterocycles. The van der Waals surface area contributed by atoms with Crippen LogP contribution in [0.1, 0.15) is 18.1 Å². The number of nitrogens with zero attached hydrogens (tertiary/aromatic N) is 4. The molecular weight excluding hydrogens is 560 g/mol. The van der Waals surface area contributed by atoms with Crippen molar-refractivity contribution in [2.45, 2.75) is 30.6 Å². The summed E-state index contributed by atoms with van der Waals surface area (Å²) >= 11 is 0. The van der Waals surface area contributed by atoms with Gasteiger partial charge in [-0.2, -0.15) is 8.61 Å². The van der Waals surface area contributed by atoms with E-state index >= 15 is 0 Å². The molecule has 11 heteroatoms. The van der Waals surface area contributed by atoms with Gasteiger partial charge in [0.2, 0.25) is 20.0 Å². The van der Waals surface area contributed by atoms with Gasteiger partial charge in [0.15, 0.2) is 0 Å². The lowest BCUT2D eigenvalue weighted by Gasteiger charge is -2.36. The van der Waals surface area contributed by atoms with Crippen molar-refractivity contribution in [3.05, 3.63) is 77.9 Å². The van der Waals surface area contributed by atoms with E-state index in [9.17, 15) is 16.8 Å². The third-order valence-corrected chi connectivity index (χ3v) is 11.6. The largest absolute Gasteiger partial charge is 0.492 e. The zero-order valence-corrected chi connectivity index (χ0v) is 25.5. The number of ether oxygens (including phenoxy) is 1. The number of sulfonamides is 2. The minimum Gasteiger partial charge on any atom is -0.492 e. The van der Waals surface area contributed by atoms with Crippen LogP contribution in [0, 0.1) is 13.8 Å². The van der Waals surface area contributed by atoms with Crippen LogP contribution in [0.4, 0.5) is 11.4 Å². The van der Waals surface area contributed by atoms with E-state index in [0.717, 1.165) is 11.4 Å². The Bertz CT molecular complexity index is 1560. The molecule has 3 aromatic rings. The molecule has 9 nitrogen and oxygen atoms in total. The fraction of sp³-hybridized carbons (Fsp3) is 0.400. The van der Waals surface area contributed by atoms with Gasteiger partial charge in [-0.1, -0.05) is 35.4 Å². The maximum Gasteiger partial charge on any atom is 0.246 e. The molecule has 3 aromatic carbocycles. The summed E-state index contributed by atoms with van der Waals surface area (Å²) in [7, 11) is -7.91. The van der Waals surface area contributed by atoms with Gasteiger partial charge in [0, 0.05) is 63.7 Å². The lowest BCUT2D eigenvalue weighted by atomic mass is 10.2. The minimum atomic E-state index is -4.00. The molecule has 0 amide bonds. The van der Waals surface area contributed by atoms with Crippen molar-refractivity contribution < 1.29 is 21.6 Å². The molecule has 2 aliphatic heterocycles. The SMILES string of the molecule is CCOc1ccc(S(=O)(=O)N2CCN(c3ccc(C)cc3)CC2)cc1S(=O)(=O)N1CCN(c2ccc(C)cc2)CC1. The number of hydrogen-bond acceptors (Lipinski definition) is 7. The summed E-state index contributed by atoms with van der Waals surface area (Å²) in [6, 6.07) is 20.5. The number of aryl methyl sites for hydroxylation is 2. The number of hydrogen-bond donors (Lipinski definition) is 0. The van der Waals surface area contributed by atoms with Gasteiger partial charge >= 0.3 is 0 Å². The summed E-state index contributed by atoms with van der Waals surface area (Å²) in [6.45, 7) is 9.48. The second kappa shape index (κ2) is 12.0. The Morgan fingerprint density at radius 1 is 0.610 bits per heavy atom. The highest BCUT2D eigenvalue weighted by Gasteiger charge is 2.34. The van der Waals surface area contributed by atoms with Crippen molar-refractivity contribution in [2.24, 2.45) is 0 Å². The molecular formula is C30H38N4O5S2. The van der Waals surface area contributed by atoms with E-state index in [1.165, 1.54) is 37.9 Å². The van der Waals surface area contributed by atoms with Crippen LogP contribution in [0.2, 0.25) is 0 Å². The first-order chi connectivity index (χ1) is 19.6. The van der Waals surface area contributed by atoms with Gasteiger partial charge in [-0.25, -0.2) is 16.8 Å². The van der Waals surface area contributed by atoms with Gasteiger partial charge in [0.05, 0.1) is 11.5 Å². The summed E-state index contributed by atoms with van der Waals surface area (Å²) in [5.74, 6) is 0.164. The fourth-order valence-corrected chi connectivity index (χ4v) is 8.40. The monoisotopic (exact) mass is 598 g/mol. The van der Waals surface area contributed by atoms with Gasteiger partial charge in [-0.05, 0) is 63.2 Å². The van der Waals surface area contributed by atoms with E-state index in [1.54, 1.807) is 6.92 Å². The normalized spacial score (nSPS) is 17.5. The molecule has 5 rings (SSSR count). The smallest absolute Gasteiger partial charge is 0.246 e. The van der Waals surface area contributed by atoms with E-state index in [2.05, 4.69) is 9.80 Å². The molecule has 0 atom stereocenters. The van der Waals surface area contributed by atoms with E-state index in [1.807, 2.05) is 62.4 Å². The van der Waals surface area contributed by atoms with E-state index in [0.29, 0.717) is 52.4 Å². The van der Waals surface area contributed by atoms with Gasteiger partial charge in [0.1, 0.15) is 10.6 Å². The molecule has 220 valence electrons. The number of rotatable bonds is 8. The van der Waals surface area contributed by atoms with Crippen LogP contribution in [0.5, 0.6) is 5.75 Å². The molecule has 0 aromatic heterocycles. The summed E-state index contributed by atoms with van der Waals surface area (Å²) in [5, 5.41) is 0. The van der Waals surface area contributed by atoms with Crippen LogP contribution in [-0.4, -0.2) is 84.4 Å². The Labute approximate surface area is 244 Å². The predicted octanol–water partition coefficient (Wildman–Crippen LogP) is 3.72. The Kier molecular flexibility index (Phi) is 8.60. The van der Waals surface area contributed by atoms with Crippen LogP contribution in [0.15, 0.2) is 76.5 Å².